The Morgan fingerprint density at radius 2 is 1.74 bits per heavy atom. The van der Waals surface area contributed by atoms with E-state index in [0.717, 1.165) is 0 Å². The van der Waals surface area contributed by atoms with Gasteiger partial charge in [-0.2, -0.15) is 30.7 Å². The van der Waals surface area contributed by atoms with Crippen LogP contribution in [-0.2, 0) is 16.1 Å². The maximum atomic E-state index is 13.5. The molecule has 0 aromatic heterocycles. The quantitative estimate of drug-likeness (QED) is 0.507. The van der Waals surface area contributed by atoms with Crippen LogP contribution in [0.15, 0.2) is 53.6 Å². The molecule has 1 aliphatic heterocycles. The summed E-state index contributed by atoms with van der Waals surface area (Å²) in [6, 6.07) is 12.8. The minimum absolute atomic E-state index is 0.000159. The van der Waals surface area contributed by atoms with Gasteiger partial charge in [0.05, 0.1) is 12.3 Å². The molecule has 2 aromatic carbocycles. The van der Waals surface area contributed by atoms with Gasteiger partial charge in [-0.15, -0.1) is 5.10 Å². The standard InChI is InChI=1S/C20H16ClF7N4O2/c21-14-7-6-13(8-12(14)9-34-10-18(22,23)19(24,25)20(26,27)28)32-17(11-4-2-1-3-5-11)30-16(31-32)15(29)33/h1-8,17H,9-10H2,(H2,29,33)(H,30,31). The topological polar surface area (TPSA) is 80.0 Å². The molecule has 3 N–H and O–H groups in total. The first-order valence-corrected chi connectivity index (χ1v) is 9.80. The number of hydrogen-bond acceptors (Lipinski definition) is 5. The van der Waals surface area contributed by atoms with E-state index in [2.05, 4.69) is 15.2 Å². The number of amides is 1. The number of amidine groups is 1. The number of nitrogens with one attached hydrogen (secondary N) is 1. The fraction of sp³-hybridized carbons (Fsp3) is 0.300. The van der Waals surface area contributed by atoms with E-state index in [1.165, 1.54) is 23.2 Å². The number of anilines is 1. The maximum Gasteiger partial charge on any atom is 0.459 e. The zero-order valence-electron chi connectivity index (χ0n) is 16.9. The fourth-order valence-corrected chi connectivity index (χ4v) is 3.15. The van der Waals surface area contributed by atoms with E-state index < -0.39 is 43.3 Å². The number of carbonyl (C=O) groups is 1. The van der Waals surface area contributed by atoms with Crippen LogP contribution in [0.2, 0.25) is 5.02 Å². The normalized spacial score (nSPS) is 16.9. The highest BCUT2D eigenvalue weighted by molar-refractivity contribution is 6.38. The lowest BCUT2D eigenvalue weighted by Gasteiger charge is -2.28. The summed E-state index contributed by atoms with van der Waals surface area (Å²) in [5.41, 5.74) is 6.23. The number of rotatable bonds is 8. The molecule has 0 fully saturated rings. The van der Waals surface area contributed by atoms with Crippen molar-refractivity contribution >= 4 is 29.0 Å². The van der Waals surface area contributed by atoms with Gasteiger partial charge in [0.2, 0.25) is 5.84 Å². The van der Waals surface area contributed by atoms with Crippen LogP contribution in [-0.4, -0.2) is 36.4 Å². The van der Waals surface area contributed by atoms with Crippen molar-refractivity contribution in [1.29, 1.82) is 0 Å². The van der Waals surface area contributed by atoms with E-state index in [-0.39, 0.29) is 22.1 Å². The third-order valence-electron chi connectivity index (χ3n) is 4.72. The van der Waals surface area contributed by atoms with E-state index in [1.807, 2.05) is 0 Å². The summed E-state index contributed by atoms with van der Waals surface area (Å²) in [6.45, 7) is -3.01. The van der Waals surface area contributed by atoms with Crippen molar-refractivity contribution in [3.8, 4) is 0 Å². The zero-order chi connectivity index (χ0) is 25.3. The van der Waals surface area contributed by atoms with Crippen molar-refractivity contribution < 1.29 is 40.3 Å². The van der Waals surface area contributed by atoms with E-state index in [9.17, 15) is 35.5 Å². The van der Waals surface area contributed by atoms with Crippen molar-refractivity contribution in [1.82, 2.24) is 5.32 Å². The molecule has 2 aromatic rings. The second-order valence-corrected chi connectivity index (χ2v) is 7.57. The zero-order valence-corrected chi connectivity index (χ0v) is 17.7. The predicted octanol–water partition coefficient (Wildman–Crippen LogP) is 4.60. The number of hydrazone groups is 1. The predicted molar refractivity (Wildman–Crippen MR) is 108 cm³/mol. The van der Waals surface area contributed by atoms with Crippen LogP contribution in [0.4, 0.5) is 36.4 Å². The van der Waals surface area contributed by atoms with Gasteiger partial charge < -0.3 is 15.8 Å². The Bertz CT molecular complexity index is 1080. The lowest BCUT2D eigenvalue weighted by atomic mass is 10.1. The van der Waals surface area contributed by atoms with Crippen LogP contribution in [0.1, 0.15) is 17.3 Å². The number of carbonyl (C=O) groups excluding carboxylic acids is 1. The molecule has 0 aliphatic carbocycles. The lowest BCUT2D eigenvalue weighted by Crippen LogP contribution is -2.54. The first kappa shape index (κ1) is 25.6. The summed E-state index contributed by atoms with van der Waals surface area (Å²) in [5.74, 6) is -12.8. The Balaban J connectivity index is 1.82. The highest BCUT2D eigenvalue weighted by Crippen LogP contribution is 2.46. The van der Waals surface area contributed by atoms with Crippen molar-refractivity contribution in [2.24, 2.45) is 10.8 Å². The first-order chi connectivity index (χ1) is 15.7. The first-order valence-electron chi connectivity index (χ1n) is 9.42. The summed E-state index contributed by atoms with van der Waals surface area (Å²) >= 11 is 6.01. The van der Waals surface area contributed by atoms with Crippen LogP contribution >= 0.6 is 11.6 Å². The molecular formula is C20H16ClF7N4O2. The summed E-state index contributed by atoms with van der Waals surface area (Å²) < 4.78 is 94.3. The maximum absolute atomic E-state index is 13.5. The van der Waals surface area contributed by atoms with Gasteiger partial charge in [-0.3, -0.25) is 4.79 Å². The molecule has 0 bridgehead atoms. The van der Waals surface area contributed by atoms with Crippen molar-refractivity contribution in [2.45, 2.75) is 30.8 Å². The molecule has 0 radical (unpaired) electrons. The highest BCUT2D eigenvalue weighted by Gasteiger charge is 2.73. The third-order valence-corrected chi connectivity index (χ3v) is 5.09. The molecule has 14 heteroatoms. The summed E-state index contributed by atoms with van der Waals surface area (Å²) in [7, 11) is 0. The Kier molecular flexibility index (Phi) is 6.99. The molecule has 184 valence electrons. The van der Waals surface area contributed by atoms with E-state index in [0.29, 0.717) is 5.56 Å². The Hall–Kier alpha value is -3.06. The molecule has 3 rings (SSSR count). The van der Waals surface area contributed by atoms with Crippen molar-refractivity contribution in [3.05, 3.63) is 64.7 Å². The summed E-state index contributed by atoms with van der Waals surface area (Å²) in [5, 5.41) is 8.24. The van der Waals surface area contributed by atoms with Crippen molar-refractivity contribution in [2.75, 3.05) is 11.6 Å². The summed E-state index contributed by atoms with van der Waals surface area (Å²) in [6.07, 6.45) is -7.16. The fourth-order valence-electron chi connectivity index (χ4n) is 2.97. The van der Waals surface area contributed by atoms with Gasteiger partial charge in [0.15, 0.2) is 0 Å². The number of ether oxygens (including phenoxy) is 1. The average molecular weight is 513 g/mol. The molecule has 6 nitrogen and oxygen atoms in total. The number of nitrogens with two attached hydrogens (primary N) is 1. The second kappa shape index (κ2) is 9.29. The van der Waals surface area contributed by atoms with Gasteiger partial charge in [0, 0.05) is 5.02 Å². The number of nitrogens with zero attached hydrogens (tertiary/aromatic N) is 2. The smallest absolute Gasteiger partial charge is 0.370 e. The van der Waals surface area contributed by atoms with Crippen LogP contribution in [0.25, 0.3) is 0 Å². The van der Waals surface area contributed by atoms with Gasteiger partial charge in [-0.05, 0) is 29.3 Å². The minimum Gasteiger partial charge on any atom is -0.370 e. The Morgan fingerprint density at radius 1 is 1.09 bits per heavy atom. The van der Waals surface area contributed by atoms with Crippen LogP contribution in [0.3, 0.4) is 0 Å². The molecule has 1 heterocycles. The number of benzene rings is 2. The molecule has 0 saturated carbocycles. The molecular weight excluding hydrogens is 497 g/mol. The van der Waals surface area contributed by atoms with Crippen LogP contribution < -0.4 is 16.1 Å². The largest absolute Gasteiger partial charge is 0.459 e. The summed E-state index contributed by atoms with van der Waals surface area (Å²) in [4.78, 5) is 11.6. The van der Waals surface area contributed by atoms with E-state index >= 15 is 0 Å². The molecule has 0 saturated heterocycles. The third kappa shape index (κ3) is 5.04. The van der Waals surface area contributed by atoms with Gasteiger partial charge >= 0.3 is 18.0 Å². The molecule has 34 heavy (non-hydrogen) atoms. The Morgan fingerprint density at radius 3 is 2.32 bits per heavy atom. The average Bonchev–Trinajstić information content (AvgIpc) is 3.20. The Labute approximate surface area is 193 Å². The van der Waals surface area contributed by atoms with Gasteiger partial charge in [-0.25, -0.2) is 5.01 Å². The van der Waals surface area contributed by atoms with Gasteiger partial charge in [-0.1, -0.05) is 41.9 Å². The second-order valence-electron chi connectivity index (χ2n) is 7.16. The number of hydrogen-bond donors (Lipinski definition) is 2. The number of alkyl halides is 7. The molecule has 0 spiro atoms. The minimum atomic E-state index is -6.46. The van der Waals surface area contributed by atoms with E-state index in [4.69, 9.17) is 17.3 Å². The highest BCUT2D eigenvalue weighted by atomic mass is 35.5. The number of primary amides is 1. The number of halogens is 8. The molecule has 1 atom stereocenters. The lowest BCUT2D eigenvalue weighted by molar-refractivity contribution is -0.361. The SMILES string of the molecule is NC(=O)C1=NN(c2ccc(Cl)c(COCC(F)(F)C(F)(F)C(F)(F)F)c2)C(c2ccccc2)N1. The molecule has 1 aliphatic rings. The molecule has 1 unspecified atom stereocenters. The van der Waals surface area contributed by atoms with Gasteiger partial charge in [0.25, 0.3) is 5.91 Å². The molecule has 1 amide bonds. The van der Waals surface area contributed by atoms with Crippen molar-refractivity contribution in [3.63, 3.8) is 0 Å². The van der Waals surface area contributed by atoms with Gasteiger partial charge in [0.1, 0.15) is 12.8 Å². The van der Waals surface area contributed by atoms with Crippen LogP contribution in [0, 0.1) is 0 Å². The monoisotopic (exact) mass is 512 g/mol. The van der Waals surface area contributed by atoms with Crippen LogP contribution in [0.5, 0.6) is 0 Å². The van der Waals surface area contributed by atoms with E-state index in [1.54, 1.807) is 30.3 Å².